The predicted octanol–water partition coefficient (Wildman–Crippen LogP) is 2.80. The van der Waals surface area contributed by atoms with E-state index in [2.05, 4.69) is 10.4 Å². The van der Waals surface area contributed by atoms with Gasteiger partial charge in [0.25, 0.3) is 5.56 Å². The molecule has 0 saturated carbocycles. The highest BCUT2D eigenvalue weighted by Crippen LogP contribution is 2.20. The molecule has 0 bridgehead atoms. The molecule has 0 radical (unpaired) electrons. The molecule has 0 aliphatic carbocycles. The van der Waals surface area contributed by atoms with Gasteiger partial charge in [0.05, 0.1) is 31.1 Å². The molecule has 1 N–H and O–H groups in total. The molecule has 2 heterocycles. The molecule has 1 aliphatic rings. The summed E-state index contributed by atoms with van der Waals surface area (Å²) in [5.74, 6) is 0. The highest BCUT2D eigenvalue weighted by molar-refractivity contribution is 6.33. The van der Waals surface area contributed by atoms with E-state index in [-0.39, 0.29) is 23.2 Å². The summed E-state index contributed by atoms with van der Waals surface area (Å²) in [6.45, 7) is 1.61. The molecule has 1 unspecified atom stereocenters. The number of aromatic nitrogens is 2. The number of ether oxygens (including phenoxy) is 1. The van der Waals surface area contributed by atoms with Crippen LogP contribution in [0.2, 0.25) is 10.0 Å². The van der Waals surface area contributed by atoms with Gasteiger partial charge >= 0.3 is 0 Å². The quantitative estimate of drug-likeness (QED) is 0.930. The molecule has 1 saturated heterocycles. The van der Waals surface area contributed by atoms with Crippen molar-refractivity contribution < 1.29 is 4.74 Å². The van der Waals surface area contributed by atoms with Gasteiger partial charge in [-0.1, -0.05) is 41.4 Å². The number of anilines is 1. The SMILES string of the molecule is O=c1c(Cl)c(NC2CCOC2)cnn1Cc1ccccc1Cl. The number of benzene rings is 1. The van der Waals surface area contributed by atoms with E-state index in [4.69, 9.17) is 27.9 Å². The van der Waals surface area contributed by atoms with Gasteiger partial charge in [0.1, 0.15) is 5.02 Å². The molecule has 1 atom stereocenters. The second-order valence-corrected chi connectivity index (χ2v) is 5.92. The Hall–Kier alpha value is -1.56. The summed E-state index contributed by atoms with van der Waals surface area (Å²) >= 11 is 12.3. The lowest BCUT2D eigenvalue weighted by molar-refractivity contribution is 0.195. The Kier molecular flexibility index (Phi) is 4.66. The van der Waals surface area contributed by atoms with Gasteiger partial charge in [0, 0.05) is 11.6 Å². The number of hydrogen-bond donors (Lipinski definition) is 1. The van der Waals surface area contributed by atoms with Crippen molar-refractivity contribution in [2.24, 2.45) is 0 Å². The van der Waals surface area contributed by atoms with Crippen LogP contribution in [0.25, 0.3) is 0 Å². The molecule has 0 amide bonds. The van der Waals surface area contributed by atoms with E-state index >= 15 is 0 Å². The first-order valence-corrected chi connectivity index (χ1v) is 7.74. The molecule has 3 rings (SSSR count). The maximum atomic E-state index is 12.3. The third kappa shape index (κ3) is 3.27. The summed E-state index contributed by atoms with van der Waals surface area (Å²) in [6.07, 6.45) is 2.46. The average molecular weight is 340 g/mol. The topological polar surface area (TPSA) is 56.1 Å². The van der Waals surface area contributed by atoms with Crippen molar-refractivity contribution >= 4 is 28.9 Å². The van der Waals surface area contributed by atoms with Gasteiger partial charge in [-0.15, -0.1) is 0 Å². The molecule has 116 valence electrons. The fourth-order valence-corrected chi connectivity index (χ4v) is 2.73. The van der Waals surface area contributed by atoms with E-state index in [1.54, 1.807) is 12.3 Å². The van der Waals surface area contributed by atoms with Crippen molar-refractivity contribution in [1.82, 2.24) is 9.78 Å². The second-order valence-electron chi connectivity index (χ2n) is 5.13. The van der Waals surface area contributed by atoms with E-state index in [9.17, 15) is 4.79 Å². The maximum Gasteiger partial charge on any atom is 0.287 e. The Labute approximate surface area is 137 Å². The molecule has 1 fully saturated rings. The van der Waals surface area contributed by atoms with Crippen LogP contribution in [0, 0.1) is 0 Å². The van der Waals surface area contributed by atoms with Gasteiger partial charge in [-0.3, -0.25) is 4.79 Å². The molecule has 1 aromatic carbocycles. The first-order valence-electron chi connectivity index (χ1n) is 6.98. The van der Waals surface area contributed by atoms with Crippen LogP contribution in [0.5, 0.6) is 0 Å². The van der Waals surface area contributed by atoms with Gasteiger partial charge in [-0.2, -0.15) is 5.10 Å². The molecular formula is C15H15Cl2N3O2. The third-order valence-electron chi connectivity index (χ3n) is 3.55. The van der Waals surface area contributed by atoms with Gasteiger partial charge in [0.15, 0.2) is 0 Å². The van der Waals surface area contributed by atoms with Crippen LogP contribution in [0.15, 0.2) is 35.3 Å². The zero-order valence-corrected chi connectivity index (χ0v) is 13.3. The monoisotopic (exact) mass is 339 g/mol. The number of halogens is 2. The molecule has 1 aliphatic heterocycles. The zero-order valence-electron chi connectivity index (χ0n) is 11.8. The largest absolute Gasteiger partial charge is 0.379 e. The molecule has 5 nitrogen and oxygen atoms in total. The van der Waals surface area contributed by atoms with Gasteiger partial charge in [-0.05, 0) is 18.1 Å². The van der Waals surface area contributed by atoms with Crippen LogP contribution in [0.1, 0.15) is 12.0 Å². The lowest BCUT2D eigenvalue weighted by Crippen LogP contribution is -2.27. The molecule has 0 spiro atoms. The number of hydrogen-bond acceptors (Lipinski definition) is 4. The highest BCUT2D eigenvalue weighted by Gasteiger charge is 2.18. The van der Waals surface area contributed by atoms with E-state index in [1.165, 1.54) is 4.68 Å². The van der Waals surface area contributed by atoms with Crippen LogP contribution in [-0.4, -0.2) is 29.0 Å². The van der Waals surface area contributed by atoms with E-state index < -0.39 is 0 Å². The van der Waals surface area contributed by atoms with Crippen LogP contribution >= 0.6 is 23.2 Å². The predicted molar refractivity (Wildman–Crippen MR) is 86.9 cm³/mol. The fraction of sp³-hybridized carbons (Fsp3) is 0.333. The van der Waals surface area contributed by atoms with Crippen LogP contribution in [0.4, 0.5) is 5.69 Å². The summed E-state index contributed by atoms with van der Waals surface area (Å²) in [5, 5.41) is 8.10. The molecule has 22 heavy (non-hydrogen) atoms. The third-order valence-corrected chi connectivity index (χ3v) is 4.29. The van der Waals surface area contributed by atoms with E-state index in [1.807, 2.05) is 18.2 Å². The summed E-state index contributed by atoms with van der Waals surface area (Å²) in [4.78, 5) is 12.3. The first kappa shape index (κ1) is 15.3. The Morgan fingerprint density at radius 3 is 2.91 bits per heavy atom. The first-order chi connectivity index (χ1) is 10.6. The van der Waals surface area contributed by atoms with Crippen molar-refractivity contribution in [2.45, 2.75) is 19.0 Å². The summed E-state index contributed by atoms with van der Waals surface area (Å²) in [6, 6.07) is 7.50. The fourth-order valence-electron chi connectivity index (χ4n) is 2.33. The van der Waals surface area contributed by atoms with E-state index in [0.717, 1.165) is 12.0 Å². The zero-order chi connectivity index (χ0) is 15.5. The molecule has 1 aromatic heterocycles. The molecule has 7 heteroatoms. The van der Waals surface area contributed by atoms with Crippen molar-refractivity contribution in [3.05, 3.63) is 56.4 Å². The highest BCUT2D eigenvalue weighted by atomic mass is 35.5. The Balaban J connectivity index is 1.83. The number of nitrogens with one attached hydrogen (secondary N) is 1. The van der Waals surface area contributed by atoms with Crippen molar-refractivity contribution in [2.75, 3.05) is 18.5 Å². The normalized spacial score (nSPS) is 17.6. The van der Waals surface area contributed by atoms with Gasteiger partial charge in [0.2, 0.25) is 0 Å². The maximum absolute atomic E-state index is 12.3. The Bertz CT molecular complexity index is 727. The Morgan fingerprint density at radius 1 is 1.36 bits per heavy atom. The van der Waals surface area contributed by atoms with Crippen molar-refractivity contribution in [1.29, 1.82) is 0 Å². The standard InChI is InChI=1S/C15H15Cl2N3O2/c16-12-4-2-1-3-10(12)8-20-15(21)14(17)13(7-18-20)19-11-5-6-22-9-11/h1-4,7,11,19H,5-6,8-9H2. The summed E-state index contributed by atoms with van der Waals surface area (Å²) in [7, 11) is 0. The Morgan fingerprint density at radius 2 is 2.18 bits per heavy atom. The van der Waals surface area contributed by atoms with Crippen LogP contribution in [0.3, 0.4) is 0 Å². The molecule has 2 aromatic rings. The van der Waals surface area contributed by atoms with Crippen molar-refractivity contribution in [3.63, 3.8) is 0 Å². The van der Waals surface area contributed by atoms with Crippen LogP contribution < -0.4 is 10.9 Å². The van der Waals surface area contributed by atoms with Crippen molar-refractivity contribution in [3.8, 4) is 0 Å². The summed E-state index contributed by atoms with van der Waals surface area (Å²) in [5.41, 5.74) is 1.02. The smallest absolute Gasteiger partial charge is 0.287 e. The van der Waals surface area contributed by atoms with Crippen LogP contribution in [-0.2, 0) is 11.3 Å². The van der Waals surface area contributed by atoms with Gasteiger partial charge < -0.3 is 10.1 Å². The lowest BCUT2D eigenvalue weighted by Gasteiger charge is -2.14. The van der Waals surface area contributed by atoms with Gasteiger partial charge in [-0.25, -0.2) is 4.68 Å². The summed E-state index contributed by atoms with van der Waals surface area (Å²) < 4.78 is 6.60. The average Bonchev–Trinajstić information content (AvgIpc) is 3.02. The molecular weight excluding hydrogens is 325 g/mol. The second kappa shape index (κ2) is 6.69. The number of rotatable bonds is 4. The lowest BCUT2D eigenvalue weighted by atomic mass is 10.2. The minimum Gasteiger partial charge on any atom is -0.379 e. The number of nitrogens with zero attached hydrogens (tertiary/aromatic N) is 2. The minimum atomic E-state index is -0.342. The van der Waals surface area contributed by atoms with E-state index in [0.29, 0.717) is 23.9 Å². The minimum absolute atomic E-state index is 0.133.